The number of fused-ring (bicyclic) bond motifs is 2. The Morgan fingerprint density at radius 2 is 2.03 bits per heavy atom. The van der Waals surface area contributed by atoms with Crippen molar-refractivity contribution in [1.82, 2.24) is 9.88 Å². The van der Waals surface area contributed by atoms with Gasteiger partial charge in [0.15, 0.2) is 11.6 Å². The van der Waals surface area contributed by atoms with Gasteiger partial charge in [0.2, 0.25) is 5.43 Å². The molecule has 7 nitrogen and oxygen atoms in total. The summed E-state index contributed by atoms with van der Waals surface area (Å²) in [5.74, 6) is -1.69. The molecule has 2 atom stereocenters. The van der Waals surface area contributed by atoms with Crippen LogP contribution in [0, 0.1) is 17.6 Å². The van der Waals surface area contributed by atoms with E-state index in [4.69, 9.17) is 5.11 Å². The molecule has 2 saturated heterocycles. The number of hydrogen-bond acceptors (Lipinski definition) is 5. The molecule has 1 aromatic heterocycles. The van der Waals surface area contributed by atoms with Crippen LogP contribution in [0.15, 0.2) is 17.1 Å². The molecule has 9 heteroatoms. The van der Waals surface area contributed by atoms with E-state index in [2.05, 4.69) is 10.1 Å². The van der Waals surface area contributed by atoms with Crippen molar-refractivity contribution in [1.29, 1.82) is 0 Å². The number of hydrogen-bond donors (Lipinski definition) is 2. The van der Waals surface area contributed by atoms with Gasteiger partial charge in [-0.15, -0.1) is 0 Å². The smallest absolute Gasteiger partial charge is 0.449 e. The van der Waals surface area contributed by atoms with Crippen LogP contribution in [0.1, 0.15) is 31.7 Å². The molecule has 0 amide bonds. The average molecular weight is 405 g/mol. The van der Waals surface area contributed by atoms with Crippen LogP contribution in [0.25, 0.3) is 10.9 Å². The van der Waals surface area contributed by atoms with Crippen LogP contribution in [0.3, 0.4) is 0 Å². The third-order valence-corrected chi connectivity index (χ3v) is 6.20. The van der Waals surface area contributed by atoms with E-state index in [-0.39, 0.29) is 28.7 Å². The molecule has 5 rings (SSSR count). The number of nitrogens with one attached hydrogen (secondary N) is 1. The summed E-state index contributed by atoms with van der Waals surface area (Å²) in [7, 11) is 0. The van der Waals surface area contributed by atoms with Crippen LogP contribution in [-0.4, -0.2) is 41.5 Å². The van der Waals surface area contributed by atoms with Gasteiger partial charge in [-0.25, -0.2) is 13.6 Å². The minimum Gasteiger partial charge on any atom is -0.449 e. The van der Waals surface area contributed by atoms with Crippen molar-refractivity contribution in [2.75, 3.05) is 24.5 Å². The van der Waals surface area contributed by atoms with E-state index in [1.165, 1.54) is 10.8 Å². The zero-order valence-electron chi connectivity index (χ0n) is 15.7. The highest BCUT2D eigenvalue weighted by Crippen LogP contribution is 2.41. The standard InChI is InChI=1S/C20H21F2N3O4/c21-13-6-12-17(25(11-3-4-11)9-15(19(12)26)29-20(27)28)16(22)18(13)24-7-10-2-1-5-23-14(10)8-24/h6,9-11,14,23H,1-5,7-8H2,(H,27,28). The fourth-order valence-corrected chi connectivity index (χ4v) is 4.73. The van der Waals surface area contributed by atoms with Crippen LogP contribution in [-0.2, 0) is 0 Å². The van der Waals surface area contributed by atoms with E-state index in [1.54, 1.807) is 4.90 Å². The first kappa shape index (κ1) is 18.4. The van der Waals surface area contributed by atoms with Crippen LogP contribution < -0.4 is 20.4 Å². The molecule has 0 radical (unpaired) electrons. The largest absolute Gasteiger partial charge is 0.511 e. The molecule has 2 aliphatic heterocycles. The Hall–Kier alpha value is -2.68. The highest BCUT2D eigenvalue weighted by atomic mass is 19.1. The van der Waals surface area contributed by atoms with E-state index >= 15 is 8.78 Å². The maximum atomic E-state index is 15.7. The number of anilines is 1. The van der Waals surface area contributed by atoms with Gasteiger partial charge >= 0.3 is 6.16 Å². The summed E-state index contributed by atoms with van der Waals surface area (Å²) in [6.07, 6.45) is 3.20. The molecule has 2 aromatic rings. The van der Waals surface area contributed by atoms with Crippen LogP contribution in [0.2, 0.25) is 0 Å². The second kappa shape index (κ2) is 6.69. The molecular formula is C20H21F2N3O4. The fraction of sp³-hybridized carbons (Fsp3) is 0.500. The second-order valence-electron chi connectivity index (χ2n) is 8.11. The van der Waals surface area contributed by atoms with Gasteiger partial charge in [0.1, 0.15) is 11.5 Å². The molecule has 2 unspecified atom stereocenters. The summed E-state index contributed by atoms with van der Waals surface area (Å²) in [6, 6.07) is 1.15. The van der Waals surface area contributed by atoms with Crippen molar-refractivity contribution in [2.24, 2.45) is 5.92 Å². The number of piperidine rings is 1. The lowest BCUT2D eigenvalue weighted by Gasteiger charge is -2.24. The van der Waals surface area contributed by atoms with Crippen LogP contribution >= 0.6 is 0 Å². The number of pyridine rings is 1. The number of carbonyl (C=O) groups is 1. The third kappa shape index (κ3) is 3.04. The number of nitrogens with zero attached hydrogens (tertiary/aromatic N) is 2. The van der Waals surface area contributed by atoms with Crippen molar-refractivity contribution >= 4 is 22.7 Å². The minimum atomic E-state index is -1.64. The maximum absolute atomic E-state index is 15.7. The highest BCUT2D eigenvalue weighted by Gasteiger charge is 2.38. The van der Waals surface area contributed by atoms with E-state index < -0.39 is 29.0 Å². The number of benzene rings is 1. The monoisotopic (exact) mass is 405 g/mol. The predicted molar refractivity (Wildman–Crippen MR) is 102 cm³/mol. The molecule has 0 bridgehead atoms. The van der Waals surface area contributed by atoms with Gasteiger partial charge < -0.3 is 24.6 Å². The van der Waals surface area contributed by atoms with Gasteiger partial charge in [0.25, 0.3) is 0 Å². The van der Waals surface area contributed by atoms with Crippen molar-refractivity contribution < 1.29 is 23.4 Å². The molecule has 3 heterocycles. The molecular weight excluding hydrogens is 384 g/mol. The number of ether oxygens (including phenoxy) is 1. The fourth-order valence-electron chi connectivity index (χ4n) is 4.73. The first-order valence-electron chi connectivity index (χ1n) is 9.90. The average Bonchev–Trinajstić information content (AvgIpc) is 3.43. The Labute approximate surface area is 164 Å². The van der Waals surface area contributed by atoms with E-state index in [9.17, 15) is 9.59 Å². The normalized spacial score (nSPS) is 24.0. The first-order chi connectivity index (χ1) is 13.9. The maximum Gasteiger partial charge on any atom is 0.511 e. The molecule has 1 aromatic carbocycles. The van der Waals surface area contributed by atoms with Crippen molar-refractivity contribution in [2.45, 2.75) is 37.8 Å². The topological polar surface area (TPSA) is 83.8 Å². The summed E-state index contributed by atoms with van der Waals surface area (Å²) in [5, 5.41) is 12.1. The lowest BCUT2D eigenvalue weighted by Crippen LogP contribution is -2.40. The van der Waals surface area contributed by atoms with E-state index in [0.29, 0.717) is 19.0 Å². The van der Waals surface area contributed by atoms with Gasteiger partial charge in [-0.2, -0.15) is 0 Å². The van der Waals surface area contributed by atoms with Crippen molar-refractivity contribution in [3.63, 3.8) is 0 Å². The summed E-state index contributed by atoms with van der Waals surface area (Å²) in [6.45, 7) is 1.98. The highest BCUT2D eigenvalue weighted by molar-refractivity contribution is 5.86. The van der Waals surface area contributed by atoms with Gasteiger partial charge in [-0.05, 0) is 44.2 Å². The molecule has 1 aliphatic carbocycles. The Kier molecular flexibility index (Phi) is 4.23. The number of carboxylic acid groups (broad SMARTS) is 1. The van der Waals surface area contributed by atoms with Crippen molar-refractivity contribution in [3.8, 4) is 5.75 Å². The summed E-state index contributed by atoms with van der Waals surface area (Å²) in [5.41, 5.74) is -0.940. The lowest BCUT2D eigenvalue weighted by molar-refractivity contribution is 0.143. The van der Waals surface area contributed by atoms with E-state index in [1.807, 2.05) is 0 Å². The zero-order chi connectivity index (χ0) is 20.3. The number of aromatic nitrogens is 1. The molecule has 2 N–H and O–H groups in total. The SMILES string of the molecule is O=C(O)Oc1cn(C2CC2)c2c(F)c(N3CC4CCCNC4C3)c(F)cc2c1=O. The van der Waals surface area contributed by atoms with Gasteiger partial charge in [-0.3, -0.25) is 4.79 Å². The first-order valence-corrected chi connectivity index (χ1v) is 9.90. The van der Waals surface area contributed by atoms with Crippen LogP contribution in [0.5, 0.6) is 5.75 Å². The van der Waals surface area contributed by atoms with Crippen molar-refractivity contribution in [3.05, 3.63) is 34.1 Å². The minimum absolute atomic E-state index is 0.00877. The second-order valence-corrected chi connectivity index (χ2v) is 8.11. The summed E-state index contributed by atoms with van der Waals surface area (Å²) >= 11 is 0. The lowest BCUT2D eigenvalue weighted by atomic mass is 9.94. The van der Waals surface area contributed by atoms with Crippen LogP contribution in [0.4, 0.5) is 19.3 Å². The molecule has 29 heavy (non-hydrogen) atoms. The summed E-state index contributed by atoms with van der Waals surface area (Å²) < 4.78 is 36.8. The third-order valence-electron chi connectivity index (χ3n) is 6.20. The predicted octanol–water partition coefficient (Wildman–Crippen LogP) is 2.86. The number of halogens is 2. The Morgan fingerprint density at radius 3 is 2.72 bits per heavy atom. The Balaban J connectivity index is 1.67. The van der Waals surface area contributed by atoms with Gasteiger partial charge in [-0.1, -0.05) is 0 Å². The van der Waals surface area contributed by atoms with Gasteiger partial charge in [0, 0.05) is 25.2 Å². The van der Waals surface area contributed by atoms with E-state index in [0.717, 1.165) is 38.3 Å². The molecule has 154 valence electrons. The molecule has 3 fully saturated rings. The quantitative estimate of drug-likeness (QED) is 0.764. The van der Waals surface area contributed by atoms with Gasteiger partial charge in [0.05, 0.1) is 17.1 Å². The molecule has 3 aliphatic rings. The molecule has 0 spiro atoms. The summed E-state index contributed by atoms with van der Waals surface area (Å²) in [4.78, 5) is 25.3. The molecule has 1 saturated carbocycles. The number of rotatable bonds is 3. The zero-order valence-corrected chi connectivity index (χ0v) is 15.7. The Morgan fingerprint density at radius 1 is 1.24 bits per heavy atom. The Bertz CT molecular complexity index is 1050.